The summed E-state index contributed by atoms with van der Waals surface area (Å²) < 4.78 is 17.4. The SMILES string of the molecule is Cc1cc(C)c(C(C)(C)CC(=O)Nc2ccc3nc(C4=N[C@@H](C=O)CS4)sc3c2)c(OP(=O)(O)O)c1. The number of phosphoric acid groups is 1. The number of thioether (sulfide) groups is 1. The van der Waals surface area contributed by atoms with E-state index in [9.17, 15) is 23.9 Å². The van der Waals surface area contributed by atoms with Gasteiger partial charge in [0.2, 0.25) is 5.91 Å². The molecule has 1 amide bonds. The van der Waals surface area contributed by atoms with Gasteiger partial charge in [-0.1, -0.05) is 19.9 Å². The summed E-state index contributed by atoms with van der Waals surface area (Å²) in [7, 11) is -4.78. The molecule has 1 atom stereocenters. The van der Waals surface area contributed by atoms with E-state index in [0.717, 1.165) is 37.7 Å². The van der Waals surface area contributed by atoms with Crippen LogP contribution < -0.4 is 9.84 Å². The topological polar surface area (TPSA) is 138 Å². The molecule has 4 rings (SSSR count). The van der Waals surface area contributed by atoms with E-state index in [1.54, 1.807) is 12.1 Å². The Morgan fingerprint density at radius 3 is 2.69 bits per heavy atom. The van der Waals surface area contributed by atoms with E-state index in [4.69, 9.17) is 4.52 Å². The maximum absolute atomic E-state index is 13.0. The minimum atomic E-state index is -4.78. The highest BCUT2D eigenvalue weighted by Crippen LogP contribution is 2.45. The molecule has 1 aliphatic heterocycles. The first-order chi connectivity index (χ1) is 16.8. The largest absolute Gasteiger partial charge is 0.524 e. The fraction of sp³-hybridized carbons (Fsp3) is 0.333. The second-order valence-corrected chi connectivity index (χ2v) is 12.5. The maximum atomic E-state index is 13.0. The Morgan fingerprint density at radius 2 is 2.03 bits per heavy atom. The van der Waals surface area contributed by atoms with Crippen LogP contribution in [0.3, 0.4) is 0 Å². The number of hydrogen-bond acceptors (Lipinski definition) is 8. The van der Waals surface area contributed by atoms with Crippen LogP contribution in [0.2, 0.25) is 0 Å². The molecule has 3 aromatic rings. The number of amides is 1. The predicted octanol–water partition coefficient (Wildman–Crippen LogP) is 4.75. The highest BCUT2D eigenvalue weighted by atomic mass is 32.2. The van der Waals surface area contributed by atoms with Crippen molar-refractivity contribution < 1.29 is 28.5 Å². The molecule has 190 valence electrons. The Bertz CT molecular complexity index is 1430. The second kappa shape index (κ2) is 10.1. The zero-order chi connectivity index (χ0) is 26.3. The Kier molecular flexibility index (Phi) is 7.41. The molecule has 36 heavy (non-hydrogen) atoms. The van der Waals surface area contributed by atoms with Gasteiger partial charge in [0.15, 0.2) is 0 Å². The normalized spacial score (nSPS) is 16.2. The van der Waals surface area contributed by atoms with Crippen molar-refractivity contribution in [2.24, 2.45) is 4.99 Å². The molecule has 0 unspecified atom stereocenters. The number of aliphatic imine (C=N–C) groups is 1. The van der Waals surface area contributed by atoms with Gasteiger partial charge in [-0.05, 0) is 49.2 Å². The Morgan fingerprint density at radius 1 is 1.28 bits per heavy atom. The molecule has 0 radical (unpaired) electrons. The number of rotatable bonds is 8. The molecule has 0 spiro atoms. The molecule has 3 N–H and O–H groups in total. The van der Waals surface area contributed by atoms with Gasteiger partial charge in [0.25, 0.3) is 0 Å². The molecule has 9 nitrogen and oxygen atoms in total. The summed E-state index contributed by atoms with van der Waals surface area (Å²) in [4.78, 5) is 51.8. The van der Waals surface area contributed by atoms with E-state index >= 15 is 0 Å². The fourth-order valence-electron chi connectivity index (χ4n) is 4.36. The molecule has 0 fully saturated rings. The van der Waals surface area contributed by atoms with Crippen LogP contribution in [-0.4, -0.2) is 43.8 Å². The maximum Gasteiger partial charge on any atom is 0.524 e. The van der Waals surface area contributed by atoms with Crippen LogP contribution in [0.4, 0.5) is 5.69 Å². The van der Waals surface area contributed by atoms with Crippen molar-refractivity contribution in [3.05, 3.63) is 52.0 Å². The summed E-state index contributed by atoms with van der Waals surface area (Å²) in [6.45, 7) is 7.31. The number of carbonyl (C=O) groups excluding carboxylic acids is 2. The smallest absolute Gasteiger partial charge is 0.404 e. The van der Waals surface area contributed by atoms with Gasteiger partial charge in [0.1, 0.15) is 28.1 Å². The lowest BCUT2D eigenvalue weighted by Crippen LogP contribution is -2.27. The van der Waals surface area contributed by atoms with Gasteiger partial charge in [-0.3, -0.25) is 19.6 Å². The molecule has 1 aliphatic rings. The average Bonchev–Trinajstić information content (AvgIpc) is 3.37. The van der Waals surface area contributed by atoms with E-state index in [0.29, 0.717) is 17.0 Å². The number of hydrogen-bond donors (Lipinski definition) is 3. The highest BCUT2D eigenvalue weighted by Gasteiger charge is 2.32. The van der Waals surface area contributed by atoms with E-state index in [2.05, 4.69) is 15.3 Å². The van der Waals surface area contributed by atoms with Crippen LogP contribution in [0, 0.1) is 13.8 Å². The lowest BCUT2D eigenvalue weighted by Gasteiger charge is -2.29. The number of aromatic nitrogens is 1. The Balaban J connectivity index is 1.53. The van der Waals surface area contributed by atoms with Crippen LogP contribution >= 0.6 is 30.9 Å². The minimum Gasteiger partial charge on any atom is -0.404 e. The summed E-state index contributed by atoms with van der Waals surface area (Å²) in [5, 5.41) is 4.42. The first-order valence-corrected chi connectivity index (χ1v) is 14.4. The van der Waals surface area contributed by atoms with Gasteiger partial charge in [-0.15, -0.1) is 23.1 Å². The zero-order valence-corrected chi connectivity index (χ0v) is 22.7. The lowest BCUT2D eigenvalue weighted by atomic mass is 9.78. The molecular weight excluding hydrogens is 521 g/mol. The summed E-state index contributed by atoms with van der Waals surface area (Å²) in [6, 6.07) is 8.57. The minimum absolute atomic E-state index is 0.0565. The summed E-state index contributed by atoms with van der Waals surface area (Å²) >= 11 is 2.96. The van der Waals surface area contributed by atoms with Gasteiger partial charge in [-0.2, -0.15) is 0 Å². The number of aldehydes is 1. The number of carbonyl (C=O) groups is 2. The average molecular weight is 548 g/mol. The first-order valence-electron chi connectivity index (χ1n) is 11.1. The van der Waals surface area contributed by atoms with Gasteiger partial charge < -0.3 is 14.6 Å². The monoisotopic (exact) mass is 547 g/mol. The van der Waals surface area contributed by atoms with Crippen LogP contribution in [0.15, 0.2) is 35.3 Å². The zero-order valence-electron chi connectivity index (χ0n) is 20.1. The molecule has 0 saturated heterocycles. The summed E-state index contributed by atoms with van der Waals surface area (Å²) in [5.74, 6) is 0.435. The molecule has 0 bridgehead atoms. The van der Waals surface area contributed by atoms with Crippen LogP contribution in [0.1, 0.15) is 42.0 Å². The van der Waals surface area contributed by atoms with Crippen LogP contribution in [0.25, 0.3) is 10.2 Å². The lowest BCUT2D eigenvalue weighted by molar-refractivity contribution is -0.117. The van der Waals surface area contributed by atoms with Crippen LogP contribution in [-0.2, 0) is 19.6 Å². The van der Waals surface area contributed by atoms with E-state index < -0.39 is 13.2 Å². The van der Waals surface area contributed by atoms with Gasteiger partial charge in [0.05, 0.1) is 10.2 Å². The number of nitrogens with zero attached hydrogens (tertiary/aromatic N) is 2. The predicted molar refractivity (Wildman–Crippen MR) is 143 cm³/mol. The third-order valence-electron chi connectivity index (χ3n) is 5.63. The Labute approximate surface area is 216 Å². The van der Waals surface area contributed by atoms with Gasteiger partial charge in [-0.25, -0.2) is 9.55 Å². The number of benzene rings is 2. The van der Waals surface area contributed by atoms with Crippen LogP contribution in [0.5, 0.6) is 5.75 Å². The number of fused-ring (bicyclic) bond motifs is 1. The number of anilines is 1. The van der Waals surface area contributed by atoms with Crippen molar-refractivity contribution in [1.82, 2.24) is 4.98 Å². The molecule has 2 heterocycles. The van der Waals surface area contributed by atoms with E-state index in [1.165, 1.54) is 23.1 Å². The third kappa shape index (κ3) is 6.04. The van der Waals surface area contributed by atoms with Crippen molar-refractivity contribution in [3.8, 4) is 5.75 Å². The Hall–Kier alpha value is -2.56. The highest BCUT2D eigenvalue weighted by molar-refractivity contribution is 8.15. The first kappa shape index (κ1) is 26.5. The second-order valence-electron chi connectivity index (χ2n) is 9.30. The standard InChI is InChI=1S/C24H26N3O6PS2/c1-13-7-14(2)21(18(8-13)33-34(30,31)32)24(3,4)10-20(29)25-15-5-6-17-19(9-15)36-23(27-17)22-26-16(11-28)12-35-22/h5-9,11,16H,10,12H2,1-4H3,(H,25,29)(H2,30,31,32)/t16-/m0/s1. The molecule has 0 aliphatic carbocycles. The summed E-state index contributed by atoms with van der Waals surface area (Å²) in [5.41, 5.74) is 2.75. The van der Waals surface area contributed by atoms with E-state index in [-0.39, 0.29) is 24.1 Å². The number of aryl methyl sites for hydroxylation is 2. The number of nitrogens with one attached hydrogen (secondary N) is 1. The van der Waals surface area contributed by atoms with Crippen molar-refractivity contribution in [2.45, 2.75) is 45.6 Å². The molecule has 2 aromatic carbocycles. The summed E-state index contributed by atoms with van der Waals surface area (Å²) in [6.07, 6.45) is 0.892. The van der Waals surface area contributed by atoms with Gasteiger partial charge >= 0.3 is 7.82 Å². The molecule has 0 saturated carbocycles. The quantitative estimate of drug-likeness (QED) is 0.271. The fourth-order valence-corrected chi connectivity index (χ4v) is 6.82. The van der Waals surface area contributed by atoms with Gasteiger partial charge in [0, 0.05) is 28.8 Å². The number of thiazole rings is 1. The van der Waals surface area contributed by atoms with Crippen molar-refractivity contribution >= 4 is 64.1 Å². The van der Waals surface area contributed by atoms with Crippen molar-refractivity contribution in [1.29, 1.82) is 0 Å². The molecule has 1 aromatic heterocycles. The van der Waals surface area contributed by atoms with Crippen molar-refractivity contribution in [3.63, 3.8) is 0 Å². The molecule has 12 heteroatoms. The van der Waals surface area contributed by atoms with E-state index in [1.807, 2.05) is 45.9 Å². The number of phosphoric ester groups is 1. The third-order valence-corrected chi connectivity index (χ3v) is 8.30. The van der Waals surface area contributed by atoms with Crippen molar-refractivity contribution in [2.75, 3.05) is 11.1 Å². The molecular formula is C24H26N3O6PS2.